The van der Waals surface area contributed by atoms with E-state index in [1.165, 1.54) is 19.3 Å². The molecule has 41 heavy (non-hydrogen) atoms. The third-order valence-corrected chi connectivity index (χ3v) is 8.07. The number of carbonyl (C=O) groups excluding carboxylic acids is 3. The minimum Gasteiger partial charge on any atom is -0.326 e. The van der Waals surface area contributed by atoms with Crippen molar-refractivity contribution in [2.24, 2.45) is 5.92 Å². The molecule has 2 fully saturated rings. The molecule has 1 aliphatic heterocycles. The molecule has 12 nitrogen and oxygen atoms in total. The number of amides is 2. The SMILES string of the molecule is CC(=O)c1nn(CC(=O)N2[C@@H]3C[C@@H]3C[C@H]2C(=O)Nc2cncc(Br)n2)c2ccc(-c3cnc4cc(C)nn4c3)cc12. The van der Waals surface area contributed by atoms with Crippen molar-refractivity contribution >= 4 is 55.9 Å². The number of fused-ring (bicyclic) bond motifs is 3. The van der Waals surface area contributed by atoms with Crippen LogP contribution >= 0.6 is 15.9 Å². The number of nitrogens with one attached hydrogen (secondary N) is 1. The second-order valence-electron chi connectivity index (χ2n) is 10.6. The van der Waals surface area contributed by atoms with E-state index >= 15 is 0 Å². The highest BCUT2D eigenvalue weighted by Crippen LogP contribution is 2.48. The molecule has 3 atom stereocenters. The van der Waals surface area contributed by atoms with Gasteiger partial charge in [0.15, 0.2) is 17.2 Å². The monoisotopic (exact) mass is 613 g/mol. The molecule has 0 bridgehead atoms. The van der Waals surface area contributed by atoms with E-state index in [2.05, 4.69) is 46.4 Å². The first-order valence-electron chi connectivity index (χ1n) is 13.2. The van der Waals surface area contributed by atoms with Crippen molar-refractivity contribution in [1.82, 2.24) is 39.2 Å². The van der Waals surface area contributed by atoms with Gasteiger partial charge in [-0.2, -0.15) is 10.2 Å². The number of piperidine rings is 1. The van der Waals surface area contributed by atoms with Crippen LogP contribution in [-0.2, 0) is 16.1 Å². The summed E-state index contributed by atoms with van der Waals surface area (Å²) in [5.41, 5.74) is 4.24. The van der Waals surface area contributed by atoms with Gasteiger partial charge in [-0.25, -0.2) is 14.5 Å². The van der Waals surface area contributed by atoms with Crippen LogP contribution in [0.2, 0.25) is 0 Å². The summed E-state index contributed by atoms with van der Waals surface area (Å²) < 4.78 is 3.78. The first kappa shape index (κ1) is 25.4. The Morgan fingerprint density at radius 1 is 1.07 bits per heavy atom. The second kappa shape index (κ2) is 9.54. The van der Waals surface area contributed by atoms with E-state index in [9.17, 15) is 14.4 Å². The number of rotatable bonds is 6. The predicted molar refractivity (Wildman–Crippen MR) is 152 cm³/mol. The number of anilines is 1. The van der Waals surface area contributed by atoms with Crippen LogP contribution in [0.15, 0.2) is 53.7 Å². The number of Topliss-reactive ketones (excluding diaryl/α,β-unsaturated/α-hetero) is 1. The zero-order valence-electron chi connectivity index (χ0n) is 22.2. The highest BCUT2D eigenvalue weighted by atomic mass is 79.9. The Kier molecular flexibility index (Phi) is 5.92. The molecule has 7 rings (SSSR count). The molecule has 2 aliphatic rings. The highest BCUT2D eigenvalue weighted by molar-refractivity contribution is 9.10. The van der Waals surface area contributed by atoms with Crippen LogP contribution in [-0.4, -0.2) is 68.9 Å². The molecule has 5 heterocycles. The number of hydrogen-bond donors (Lipinski definition) is 1. The van der Waals surface area contributed by atoms with E-state index in [0.29, 0.717) is 33.7 Å². The fraction of sp³-hybridized carbons (Fsp3) is 0.286. The van der Waals surface area contributed by atoms with Crippen molar-refractivity contribution < 1.29 is 14.4 Å². The van der Waals surface area contributed by atoms with E-state index in [1.807, 2.05) is 37.4 Å². The normalized spacial score (nSPS) is 19.5. The number of aromatic nitrogens is 7. The number of ketones is 1. The Morgan fingerprint density at radius 3 is 2.73 bits per heavy atom. The van der Waals surface area contributed by atoms with Crippen LogP contribution in [0.4, 0.5) is 5.82 Å². The lowest BCUT2D eigenvalue weighted by Gasteiger charge is -2.26. The van der Waals surface area contributed by atoms with Crippen LogP contribution in [0.25, 0.3) is 27.7 Å². The predicted octanol–water partition coefficient (Wildman–Crippen LogP) is 3.44. The minimum absolute atomic E-state index is 0.0286. The van der Waals surface area contributed by atoms with Gasteiger partial charge >= 0.3 is 0 Å². The topological polar surface area (TPSA) is 140 Å². The van der Waals surface area contributed by atoms with E-state index in [1.54, 1.807) is 20.3 Å². The summed E-state index contributed by atoms with van der Waals surface area (Å²) in [5.74, 6) is -0.102. The number of nitrogens with zero attached hydrogens (tertiary/aromatic N) is 8. The molecule has 4 aromatic heterocycles. The quantitative estimate of drug-likeness (QED) is 0.287. The van der Waals surface area contributed by atoms with Crippen molar-refractivity contribution in [1.29, 1.82) is 0 Å². The van der Waals surface area contributed by atoms with E-state index in [-0.39, 0.29) is 35.9 Å². The Bertz CT molecular complexity index is 1900. The fourth-order valence-corrected chi connectivity index (χ4v) is 6.06. The average molecular weight is 614 g/mol. The van der Waals surface area contributed by atoms with Gasteiger partial charge < -0.3 is 10.2 Å². The lowest BCUT2D eigenvalue weighted by Crippen LogP contribution is -2.46. The maximum Gasteiger partial charge on any atom is 0.248 e. The number of carbonyl (C=O) groups is 3. The molecule has 5 aromatic rings. The summed E-state index contributed by atoms with van der Waals surface area (Å²) in [6.07, 6.45) is 8.12. The standard InChI is InChI=1S/C28H24BrN9O3/c1-14-5-25-31-9-18(12-37(25)34-14)16-3-4-20-19(6-16)27(15(2)39)35-36(20)13-26(40)38-21-7-17(21)8-22(38)28(41)33-24-11-30-10-23(29)32-24/h3-6,9-12,17,21-22H,7-8,13H2,1-2H3,(H,32,33,41)/t17-,21-,22+/m1/s1. The molecule has 1 saturated heterocycles. The highest BCUT2D eigenvalue weighted by Gasteiger charge is 2.56. The Morgan fingerprint density at radius 2 is 1.93 bits per heavy atom. The number of benzene rings is 1. The van der Waals surface area contributed by atoms with E-state index in [4.69, 9.17) is 0 Å². The van der Waals surface area contributed by atoms with Gasteiger partial charge in [0.05, 0.1) is 23.6 Å². The summed E-state index contributed by atoms with van der Waals surface area (Å²) >= 11 is 3.25. The van der Waals surface area contributed by atoms with Crippen molar-refractivity contribution in [3.8, 4) is 11.1 Å². The first-order chi connectivity index (χ1) is 19.7. The van der Waals surface area contributed by atoms with Gasteiger partial charge in [0.25, 0.3) is 0 Å². The molecule has 1 N–H and O–H groups in total. The maximum absolute atomic E-state index is 13.7. The van der Waals surface area contributed by atoms with Crippen LogP contribution in [0.5, 0.6) is 0 Å². The lowest BCUT2D eigenvalue weighted by atomic mass is 10.0. The molecular formula is C28H24BrN9O3. The third kappa shape index (κ3) is 4.55. The average Bonchev–Trinajstić information content (AvgIpc) is 3.25. The van der Waals surface area contributed by atoms with Crippen LogP contribution < -0.4 is 5.32 Å². The smallest absolute Gasteiger partial charge is 0.248 e. The van der Waals surface area contributed by atoms with Gasteiger partial charge in [-0.3, -0.25) is 24.0 Å². The second-order valence-corrected chi connectivity index (χ2v) is 11.4. The summed E-state index contributed by atoms with van der Waals surface area (Å²) in [6.45, 7) is 3.28. The number of hydrogen-bond acceptors (Lipinski definition) is 8. The van der Waals surface area contributed by atoms with Crippen LogP contribution in [0, 0.1) is 12.8 Å². The van der Waals surface area contributed by atoms with Crippen molar-refractivity contribution in [3.05, 3.63) is 65.0 Å². The first-order valence-corrected chi connectivity index (χ1v) is 14.0. The number of halogens is 1. The van der Waals surface area contributed by atoms with Gasteiger partial charge in [-0.15, -0.1) is 0 Å². The van der Waals surface area contributed by atoms with Gasteiger partial charge in [-0.05, 0) is 59.3 Å². The fourth-order valence-electron chi connectivity index (χ4n) is 5.75. The zero-order chi connectivity index (χ0) is 28.4. The third-order valence-electron chi connectivity index (χ3n) is 7.69. The minimum atomic E-state index is -0.610. The molecule has 0 radical (unpaired) electrons. The largest absolute Gasteiger partial charge is 0.326 e. The zero-order valence-corrected chi connectivity index (χ0v) is 23.7. The van der Waals surface area contributed by atoms with Crippen LogP contribution in [0.1, 0.15) is 35.9 Å². The van der Waals surface area contributed by atoms with Gasteiger partial charge in [0, 0.05) is 42.4 Å². The van der Waals surface area contributed by atoms with E-state index in [0.717, 1.165) is 28.9 Å². The number of likely N-dealkylation sites (tertiary alicyclic amines) is 1. The van der Waals surface area contributed by atoms with Gasteiger partial charge in [0.2, 0.25) is 11.8 Å². The Hall–Kier alpha value is -4.52. The summed E-state index contributed by atoms with van der Waals surface area (Å²) in [5, 5.41) is 12.4. The molecule has 1 saturated carbocycles. The Balaban J connectivity index is 1.17. The molecular weight excluding hydrogens is 590 g/mol. The maximum atomic E-state index is 13.7. The van der Waals surface area contributed by atoms with Gasteiger partial charge in [-0.1, -0.05) is 6.07 Å². The summed E-state index contributed by atoms with van der Waals surface area (Å²) in [7, 11) is 0. The molecule has 2 amide bonds. The van der Waals surface area contributed by atoms with Crippen molar-refractivity contribution in [2.45, 2.75) is 45.3 Å². The van der Waals surface area contributed by atoms with Gasteiger partial charge in [0.1, 0.15) is 22.9 Å². The van der Waals surface area contributed by atoms with Crippen molar-refractivity contribution in [2.75, 3.05) is 5.32 Å². The molecule has 206 valence electrons. The molecule has 1 aromatic carbocycles. The summed E-state index contributed by atoms with van der Waals surface area (Å²) in [6, 6.07) is 6.98. The molecule has 1 aliphatic carbocycles. The number of aryl methyl sites for hydroxylation is 1. The van der Waals surface area contributed by atoms with E-state index < -0.39 is 6.04 Å². The lowest BCUT2D eigenvalue weighted by molar-refractivity contribution is -0.138. The Labute approximate surface area is 241 Å². The molecule has 0 spiro atoms. The summed E-state index contributed by atoms with van der Waals surface area (Å²) in [4.78, 5) is 53.8. The molecule has 0 unspecified atom stereocenters. The van der Waals surface area contributed by atoms with Crippen molar-refractivity contribution in [3.63, 3.8) is 0 Å². The molecule has 13 heteroatoms. The van der Waals surface area contributed by atoms with Crippen LogP contribution in [0.3, 0.4) is 0 Å².